The van der Waals surface area contributed by atoms with Gasteiger partial charge in [-0.05, 0) is 43.3 Å². The number of nitrogens with two attached hydrogens (primary N) is 1. The van der Waals surface area contributed by atoms with Gasteiger partial charge in [0.25, 0.3) is 0 Å². The van der Waals surface area contributed by atoms with Crippen molar-refractivity contribution < 1.29 is 14.4 Å². The van der Waals surface area contributed by atoms with E-state index >= 15 is 0 Å². The van der Waals surface area contributed by atoms with Gasteiger partial charge in [-0.3, -0.25) is 0 Å². The predicted octanol–water partition coefficient (Wildman–Crippen LogP) is 2.10. The summed E-state index contributed by atoms with van der Waals surface area (Å²) >= 11 is 0. The normalized spacial score (nSPS) is 13.1. The highest BCUT2D eigenvalue weighted by Crippen LogP contribution is 2.13. The zero-order chi connectivity index (χ0) is 15.1. The third-order valence-electron chi connectivity index (χ3n) is 3.05. The number of amidine groups is 1. The van der Waals surface area contributed by atoms with Crippen LogP contribution in [0.5, 0.6) is 5.75 Å². The first-order chi connectivity index (χ1) is 10.2. The molecule has 0 aliphatic heterocycles. The molecule has 0 aliphatic rings. The zero-order valence-electron chi connectivity index (χ0n) is 11.8. The van der Waals surface area contributed by atoms with Crippen molar-refractivity contribution in [2.75, 3.05) is 13.2 Å². The van der Waals surface area contributed by atoms with Crippen molar-refractivity contribution >= 4 is 5.84 Å². The molecule has 1 heterocycles. The van der Waals surface area contributed by atoms with Crippen LogP contribution in [-0.2, 0) is 0 Å². The van der Waals surface area contributed by atoms with E-state index in [1.165, 1.54) is 0 Å². The van der Waals surface area contributed by atoms with Gasteiger partial charge in [0.1, 0.15) is 18.1 Å². The van der Waals surface area contributed by atoms with Gasteiger partial charge in [-0.25, -0.2) is 0 Å². The molecule has 0 fully saturated rings. The smallest absolute Gasteiger partial charge is 0.170 e. The summed E-state index contributed by atoms with van der Waals surface area (Å²) in [7, 11) is 0. The Kier molecular flexibility index (Phi) is 5.22. The average molecular weight is 289 g/mol. The summed E-state index contributed by atoms with van der Waals surface area (Å²) < 4.78 is 10.9. The molecule has 0 radical (unpaired) electrons. The largest absolute Gasteiger partial charge is 0.492 e. The minimum atomic E-state index is 0.0792. The molecule has 0 spiro atoms. The highest BCUT2D eigenvalue weighted by molar-refractivity contribution is 5.97. The number of rotatable bonds is 7. The maximum atomic E-state index is 8.58. The number of nitrogens with zero attached hydrogens (tertiary/aromatic N) is 1. The molecule has 0 saturated carbocycles. The van der Waals surface area contributed by atoms with Crippen molar-refractivity contribution in [3.63, 3.8) is 0 Å². The molecule has 0 amide bonds. The summed E-state index contributed by atoms with van der Waals surface area (Å²) in [6, 6.07) is 11.0. The van der Waals surface area contributed by atoms with Gasteiger partial charge < -0.3 is 25.4 Å². The number of nitrogens with one attached hydrogen (secondary N) is 1. The summed E-state index contributed by atoms with van der Waals surface area (Å²) in [6.45, 7) is 3.27. The summed E-state index contributed by atoms with van der Waals surface area (Å²) in [5, 5.41) is 14.8. The first kappa shape index (κ1) is 14.9. The molecule has 21 heavy (non-hydrogen) atoms. The van der Waals surface area contributed by atoms with Crippen molar-refractivity contribution in [1.29, 1.82) is 0 Å². The van der Waals surface area contributed by atoms with Crippen molar-refractivity contribution in [2.24, 2.45) is 10.9 Å². The van der Waals surface area contributed by atoms with Crippen LogP contribution in [0.3, 0.4) is 0 Å². The lowest BCUT2D eigenvalue weighted by molar-refractivity contribution is 0.302. The third kappa shape index (κ3) is 4.25. The van der Waals surface area contributed by atoms with Gasteiger partial charge in [-0.2, -0.15) is 0 Å². The quantitative estimate of drug-likeness (QED) is 0.239. The maximum absolute atomic E-state index is 8.58. The molecule has 4 N–H and O–H groups in total. The Labute approximate surface area is 123 Å². The Hall–Kier alpha value is -2.47. The Balaban J connectivity index is 1.74. The van der Waals surface area contributed by atoms with Gasteiger partial charge in [0.2, 0.25) is 0 Å². The minimum Gasteiger partial charge on any atom is -0.492 e. The molecule has 6 nitrogen and oxygen atoms in total. The molecular weight excluding hydrogens is 270 g/mol. The average Bonchev–Trinajstić information content (AvgIpc) is 3.05. The molecule has 1 atom stereocenters. The molecule has 2 aromatic rings. The van der Waals surface area contributed by atoms with Crippen LogP contribution in [0.15, 0.2) is 52.2 Å². The minimum absolute atomic E-state index is 0.0792. The van der Waals surface area contributed by atoms with E-state index in [1.807, 2.05) is 19.1 Å². The van der Waals surface area contributed by atoms with Crippen LogP contribution < -0.4 is 15.8 Å². The second kappa shape index (κ2) is 7.35. The lowest BCUT2D eigenvalue weighted by atomic mass is 10.2. The van der Waals surface area contributed by atoms with Gasteiger partial charge in [-0.15, -0.1) is 0 Å². The van der Waals surface area contributed by atoms with Crippen LogP contribution in [0, 0.1) is 0 Å². The van der Waals surface area contributed by atoms with Crippen LogP contribution in [0.25, 0.3) is 0 Å². The van der Waals surface area contributed by atoms with Gasteiger partial charge in [0.15, 0.2) is 5.84 Å². The van der Waals surface area contributed by atoms with E-state index in [2.05, 4.69) is 10.5 Å². The van der Waals surface area contributed by atoms with E-state index in [-0.39, 0.29) is 11.9 Å². The molecule has 1 unspecified atom stereocenters. The van der Waals surface area contributed by atoms with Crippen molar-refractivity contribution in [1.82, 2.24) is 5.32 Å². The van der Waals surface area contributed by atoms with Crippen LogP contribution in [-0.4, -0.2) is 24.2 Å². The Morgan fingerprint density at radius 3 is 2.76 bits per heavy atom. The fraction of sp³-hybridized carbons (Fsp3) is 0.267. The van der Waals surface area contributed by atoms with Crippen LogP contribution in [0.2, 0.25) is 0 Å². The highest BCUT2D eigenvalue weighted by atomic mass is 16.5. The first-order valence-electron chi connectivity index (χ1n) is 6.68. The van der Waals surface area contributed by atoms with E-state index in [0.717, 1.165) is 11.5 Å². The lowest BCUT2D eigenvalue weighted by Crippen LogP contribution is -2.24. The molecule has 1 aromatic heterocycles. The maximum Gasteiger partial charge on any atom is 0.170 e. The Bertz CT molecular complexity index is 564. The molecule has 0 saturated heterocycles. The fourth-order valence-electron chi connectivity index (χ4n) is 1.86. The number of oxime groups is 1. The number of ether oxygens (including phenoxy) is 1. The van der Waals surface area contributed by atoms with Crippen molar-refractivity contribution in [2.45, 2.75) is 13.0 Å². The summed E-state index contributed by atoms with van der Waals surface area (Å²) in [6.07, 6.45) is 1.66. The molecule has 6 heteroatoms. The highest BCUT2D eigenvalue weighted by Gasteiger charge is 2.06. The van der Waals surface area contributed by atoms with E-state index in [1.54, 1.807) is 30.5 Å². The van der Waals surface area contributed by atoms with E-state index in [4.69, 9.17) is 20.1 Å². The summed E-state index contributed by atoms with van der Waals surface area (Å²) in [4.78, 5) is 0. The van der Waals surface area contributed by atoms with Crippen molar-refractivity contribution in [3.8, 4) is 5.75 Å². The van der Waals surface area contributed by atoms with Gasteiger partial charge in [-0.1, -0.05) is 5.16 Å². The van der Waals surface area contributed by atoms with Crippen LogP contribution >= 0.6 is 0 Å². The Morgan fingerprint density at radius 2 is 2.14 bits per heavy atom. The zero-order valence-corrected chi connectivity index (χ0v) is 11.8. The van der Waals surface area contributed by atoms with Gasteiger partial charge in [0.05, 0.1) is 12.3 Å². The standard InChI is InChI=1S/C15H19N3O3/c1-11(14-3-2-9-21-14)17-8-10-20-13-6-4-12(5-7-13)15(16)18-19/h2-7,9,11,17,19H,8,10H2,1H3,(H2,16,18). The molecule has 0 bridgehead atoms. The summed E-state index contributed by atoms with van der Waals surface area (Å²) in [5.74, 6) is 1.71. The van der Waals surface area contributed by atoms with Crippen LogP contribution in [0.1, 0.15) is 24.3 Å². The molecule has 2 rings (SSSR count). The van der Waals surface area contributed by atoms with E-state index in [9.17, 15) is 0 Å². The monoisotopic (exact) mass is 289 g/mol. The van der Waals surface area contributed by atoms with Gasteiger partial charge >= 0.3 is 0 Å². The summed E-state index contributed by atoms with van der Waals surface area (Å²) in [5.41, 5.74) is 6.13. The number of furan rings is 1. The SMILES string of the molecule is CC(NCCOc1ccc(C(N)=NO)cc1)c1ccco1. The molecule has 0 aliphatic carbocycles. The molecule has 1 aromatic carbocycles. The number of hydrogen-bond acceptors (Lipinski definition) is 5. The number of benzene rings is 1. The van der Waals surface area contributed by atoms with Crippen LogP contribution in [0.4, 0.5) is 0 Å². The second-order valence-corrected chi connectivity index (χ2v) is 4.55. The lowest BCUT2D eigenvalue weighted by Gasteiger charge is -2.12. The fourth-order valence-corrected chi connectivity index (χ4v) is 1.86. The van der Waals surface area contributed by atoms with Gasteiger partial charge in [0, 0.05) is 12.1 Å². The van der Waals surface area contributed by atoms with Crippen molar-refractivity contribution in [3.05, 3.63) is 54.0 Å². The second-order valence-electron chi connectivity index (χ2n) is 4.55. The topological polar surface area (TPSA) is 93.0 Å². The molecule has 112 valence electrons. The third-order valence-corrected chi connectivity index (χ3v) is 3.05. The first-order valence-corrected chi connectivity index (χ1v) is 6.68. The Morgan fingerprint density at radius 1 is 1.38 bits per heavy atom. The predicted molar refractivity (Wildman–Crippen MR) is 79.6 cm³/mol. The van der Waals surface area contributed by atoms with E-state index < -0.39 is 0 Å². The van der Waals surface area contributed by atoms with E-state index in [0.29, 0.717) is 18.7 Å². The molecular formula is C15H19N3O3. The number of hydrogen-bond donors (Lipinski definition) is 3.